The van der Waals surface area contributed by atoms with Crippen LogP contribution in [0.5, 0.6) is 5.88 Å². The molecule has 0 bridgehead atoms. The molecular formula is C15H17N3O. The van der Waals surface area contributed by atoms with E-state index in [2.05, 4.69) is 34.6 Å². The summed E-state index contributed by atoms with van der Waals surface area (Å²) in [6, 6.07) is 12.1. The van der Waals surface area contributed by atoms with E-state index >= 15 is 0 Å². The van der Waals surface area contributed by atoms with E-state index in [0.717, 1.165) is 13.0 Å². The van der Waals surface area contributed by atoms with E-state index in [-0.39, 0.29) is 0 Å². The van der Waals surface area contributed by atoms with Crippen LogP contribution in [0.25, 0.3) is 0 Å². The van der Waals surface area contributed by atoms with Crippen LogP contribution in [0.2, 0.25) is 0 Å². The zero-order chi connectivity index (χ0) is 13.2. The molecule has 0 saturated carbocycles. The number of anilines is 2. The quantitative estimate of drug-likeness (QED) is 0.881. The number of fused-ring (bicyclic) bond motifs is 1. The summed E-state index contributed by atoms with van der Waals surface area (Å²) in [6.45, 7) is 0.849. The van der Waals surface area contributed by atoms with E-state index < -0.39 is 0 Å². The Labute approximate surface area is 112 Å². The Morgan fingerprint density at radius 3 is 2.95 bits per heavy atom. The molecule has 3 rings (SSSR count). The normalized spacial score (nSPS) is 16.4. The maximum Gasteiger partial charge on any atom is 0.215 e. The molecule has 1 heterocycles. The maximum atomic E-state index is 5.90. The second kappa shape index (κ2) is 4.80. The van der Waals surface area contributed by atoms with Crippen LogP contribution in [0.1, 0.15) is 17.0 Å². The molecule has 0 spiro atoms. The lowest BCUT2D eigenvalue weighted by Crippen LogP contribution is -2.24. The lowest BCUT2D eigenvalue weighted by atomic mass is 9.77. The Bertz CT molecular complexity index is 598. The summed E-state index contributed by atoms with van der Waals surface area (Å²) in [6.07, 6.45) is 1.12. The van der Waals surface area contributed by atoms with Crippen molar-refractivity contribution in [1.82, 2.24) is 4.98 Å². The van der Waals surface area contributed by atoms with Crippen molar-refractivity contribution in [2.24, 2.45) is 0 Å². The second-order valence-corrected chi connectivity index (χ2v) is 4.77. The van der Waals surface area contributed by atoms with Crippen molar-refractivity contribution in [2.75, 3.05) is 24.7 Å². The molecule has 4 heteroatoms. The third kappa shape index (κ3) is 2.21. The van der Waals surface area contributed by atoms with Gasteiger partial charge in [0.05, 0.1) is 12.8 Å². The number of nitrogen functional groups attached to an aromatic ring is 1. The molecule has 1 atom stereocenters. The van der Waals surface area contributed by atoms with Crippen LogP contribution in [0.4, 0.5) is 11.5 Å². The summed E-state index contributed by atoms with van der Waals surface area (Å²) in [7, 11) is 1.60. The van der Waals surface area contributed by atoms with Gasteiger partial charge in [-0.3, -0.25) is 0 Å². The average Bonchev–Trinajstić information content (AvgIpc) is 2.42. The number of benzene rings is 1. The predicted molar refractivity (Wildman–Crippen MR) is 76.6 cm³/mol. The molecule has 1 unspecified atom stereocenters. The molecule has 0 aliphatic heterocycles. The molecule has 19 heavy (non-hydrogen) atoms. The largest absolute Gasteiger partial charge is 0.481 e. The molecule has 3 N–H and O–H groups in total. The minimum absolute atomic E-state index is 0.545. The van der Waals surface area contributed by atoms with Crippen molar-refractivity contribution >= 4 is 11.5 Å². The fourth-order valence-electron chi connectivity index (χ4n) is 2.47. The van der Waals surface area contributed by atoms with Crippen molar-refractivity contribution in [3.8, 4) is 5.88 Å². The summed E-state index contributed by atoms with van der Waals surface area (Å²) >= 11 is 0. The van der Waals surface area contributed by atoms with Gasteiger partial charge in [0.1, 0.15) is 0 Å². The van der Waals surface area contributed by atoms with Gasteiger partial charge < -0.3 is 15.8 Å². The molecule has 0 saturated heterocycles. The van der Waals surface area contributed by atoms with E-state index in [0.29, 0.717) is 23.3 Å². The molecule has 0 fully saturated rings. The van der Waals surface area contributed by atoms with Crippen molar-refractivity contribution in [2.45, 2.75) is 12.3 Å². The van der Waals surface area contributed by atoms with Gasteiger partial charge in [-0.25, -0.2) is 0 Å². The van der Waals surface area contributed by atoms with E-state index in [9.17, 15) is 0 Å². The summed E-state index contributed by atoms with van der Waals surface area (Å²) in [5.41, 5.74) is 9.42. The fraction of sp³-hybridized carbons (Fsp3) is 0.267. The maximum absolute atomic E-state index is 5.90. The van der Waals surface area contributed by atoms with Crippen molar-refractivity contribution in [1.29, 1.82) is 0 Å². The van der Waals surface area contributed by atoms with Crippen molar-refractivity contribution in [3.05, 3.63) is 47.5 Å². The number of nitrogens with two attached hydrogens (primary N) is 1. The molecule has 1 aromatic carbocycles. The number of hydrogen-bond donors (Lipinski definition) is 2. The molecule has 2 aromatic rings. The number of hydrogen-bond acceptors (Lipinski definition) is 4. The highest BCUT2D eigenvalue weighted by molar-refractivity contribution is 5.62. The van der Waals surface area contributed by atoms with Gasteiger partial charge in [-0.1, -0.05) is 24.3 Å². The minimum Gasteiger partial charge on any atom is -0.481 e. The van der Waals surface area contributed by atoms with Crippen molar-refractivity contribution < 1.29 is 4.74 Å². The molecular weight excluding hydrogens is 238 g/mol. The fourth-order valence-corrected chi connectivity index (χ4v) is 2.47. The number of nitrogens with one attached hydrogen (secondary N) is 1. The Kier molecular flexibility index (Phi) is 2.99. The molecule has 4 nitrogen and oxygen atoms in total. The number of nitrogens with zero attached hydrogens (tertiary/aromatic N) is 1. The first-order valence-electron chi connectivity index (χ1n) is 6.40. The molecule has 1 aromatic heterocycles. The molecule has 0 amide bonds. The minimum atomic E-state index is 0.545. The molecule has 1 aliphatic carbocycles. The predicted octanol–water partition coefficient (Wildman–Crippen LogP) is 2.42. The standard InChI is InChI=1S/C15H17N3O/c1-19-14-7-6-13(16)15(18-14)17-9-11-8-10-4-2-3-5-12(10)11/h2-7,11H,8-9,16H2,1H3,(H,17,18). The number of ether oxygens (including phenoxy) is 1. The summed E-state index contributed by atoms with van der Waals surface area (Å²) < 4.78 is 5.11. The van der Waals surface area contributed by atoms with E-state index in [1.54, 1.807) is 13.2 Å². The molecule has 1 aliphatic rings. The zero-order valence-corrected chi connectivity index (χ0v) is 10.9. The molecule has 0 radical (unpaired) electrons. The smallest absolute Gasteiger partial charge is 0.215 e. The number of methoxy groups -OCH3 is 1. The summed E-state index contributed by atoms with van der Waals surface area (Å²) in [5, 5.41) is 3.31. The van der Waals surface area contributed by atoms with E-state index in [4.69, 9.17) is 10.5 Å². The number of rotatable bonds is 4. The van der Waals surface area contributed by atoms with E-state index in [1.807, 2.05) is 6.07 Å². The van der Waals surface area contributed by atoms with Gasteiger partial charge in [0.25, 0.3) is 0 Å². The van der Waals surface area contributed by atoms with Crippen LogP contribution in [0, 0.1) is 0 Å². The zero-order valence-electron chi connectivity index (χ0n) is 10.9. The van der Waals surface area contributed by atoms with Crippen LogP contribution in [-0.4, -0.2) is 18.6 Å². The third-order valence-corrected chi connectivity index (χ3v) is 3.59. The second-order valence-electron chi connectivity index (χ2n) is 4.77. The lowest BCUT2D eigenvalue weighted by Gasteiger charge is -2.30. The van der Waals surface area contributed by atoms with Crippen LogP contribution in [0.3, 0.4) is 0 Å². The highest BCUT2D eigenvalue weighted by atomic mass is 16.5. The van der Waals surface area contributed by atoms with Crippen LogP contribution in [0.15, 0.2) is 36.4 Å². The third-order valence-electron chi connectivity index (χ3n) is 3.59. The Hall–Kier alpha value is -2.23. The first kappa shape index (κ1) is 11.8. The summed E-state index contributed by atoms with van der Waals surface area (Å²) in [4.78, 5) is 4.32. The van der Waals surface area contributed by atoms with Gasteiger partial charge in [0.15, 0.2) is 5.82 Å². The SMILES string of the molecule is COc1ccc(N)c(NCC2Cc3ccccc32)n1. The Morgan fingerprint density at radius 1 is 1.32 bits per heavy atom. The van der Waals surface area contributed by atoms with E-state index in [1.165, 1.54) is 11.1 Å². The molecule has 98 valence electrons. The Balaban J connectivity index is 1.68. The summed E-state index contributed by atoms with van der Waals surface area (Å²) in [5.74, 6) is 1.82. The number of aromatic nitrogens is 1. The topological polar surface area (TPSA) is 60.2 Å². The highest BCUT2D eigenvalue weighted by Gasteiger charge is 2.25. The highest BCUT2D eigenvalue weighted by Crippen LogP contribution is 2.35. The van der Waals surface area contributed by atoms with Gasteiger partial charge in [0, 0.05) is 18.5 Å². The average molecular weight is 255 g/mol. The Morgan fingerprint density at radius 2 is 2.16 bits per heavy atom. The first-order chi connectivity index (χ1) is 9.28. The van der Waals surface area contributed by atoms with Gasteiger partial charge in [0.2, 0.25) is 5.88 Å². The monoisotopic (exact) mass is 255 g/mol. The van der Waals surface area contributed by atoms with Crippen LogP contribution >= 0.6 is 0 Å². The van der Waals surface area contributed by atoms with Gasteiger partial charge in [-0.05, 0) is 23.6 Å². The van der Waals surface area contributed by atoms with Crippen LogP contribution in [-0.2, 0) is 6.42 Å². The van der Waals surface area contributed by atoms with Crippen molar-refractivity contribution in [3.63, 3.8) is 0 Å². The number of pyridine rings is 1. The van der Waals surface area contributed by atoms with Gasteiger partial charge in [-0.2, -0.15) is 4.98 Å². The van der Waals surface area contributed by atoms with Gasteiger partial charge >= 0.3 is 0 Å². The lowest BCUT2D eigenvalue weighted by molar-refractivity contribution is 0.398. The van der Waals surface area contributed by atoms with Crippen LogP contribution < -0.4 is 15.8 Å². The van der Waals surface area contributed by atoms with Gasteiger partial charge in [-0.15, -0.1) is 0 Å². The first-order valence-corrected chi connectivity index (χ1v) is 6.40.